The van der Waals surface area contributed by atoms with Crippen molar-refractivity contribution in [3.8, 4) is 0 Å². The topological polar surface area (TPSA) is 33.1 Å². The number of aromatic nitrogens is 1. The third-order valence-corrected chi connectivity index (χ3v) is 1.63. The van der Waals surface area contributed by atoms with Gasteiger partial charge < -0.3 is 5.11 Å². The number of hydrogen-bond donors (Lipinski definition) is 2. The second-order valence-electron chi connectivity index (χ2n) is 2.33. The number of hydrogen-bond acceptors (Lipinski definition) is 3. The van der Waals surface area contributed by atoms with E-state index in [9.17, 15) is 0 Å². The molecule has 0 saturated heterocycles. The van der Waals surface area contributed by atoms with E-state index in [1.165, 1.54) is 0 Å². The molecular formula is C9H11NOS. The quantitative estimate of drug-likeness (QED) is 0.693. The molecule has 64 valence electrons. The second-order valence-corrected chi connectivity index (χ2v) is 2.70. The van der Waals surface area contributed by atoms with Gasteiger partial charge in [-0.2, -0.15) is 12.6 Å². The predicted octanol–water partition coefficient (Wildman–Crippen LogP) is 1.52. The lowest BCUT2D eigenvalue weighted by Gasteiger charge is -1.96. The molecule has 1 aromatic heterocycles. The Kier molecular flexibility index (Phi) is 3.84. The Bertz CT molecular complexity index is 273. The minimum Gasteiger partial charge on any atom is -0.392 e. The molecule has 2 nitrogen and oxygen atoms in total. The molecule has 1 N–H and O–H groups in total. The first-order chi connectivity index (χ1) is 5.86. The monoisotopic (exact) mass is 181 g/mol. The molecule has 0 fully saturated rings. The number of nitrogens with zero attached hydrogens (tertiary/aromatic N) is 1. The molecule has 0 aromatic carbocycles. The average molecular weight is 181 g/mol. The molecule has 12 heavy (non-hydrogen) atoms. The zero-order valence-corrected chi connectivity index (χ0v) is 7.54. The van der Waals surface area contributed by atoms with Crippen molar-refractivity contribution < 1.29 is 5.11 Å². The summed E-state index contributed by atoms with van der Waals surface area (Å²) in [6.07, 6.45) is 5.47. The van der Waals surface area contributed by atoms with Crippen LogP contribution in [0, 0.1) is 0 Å². The van der Waals surface area contributed by atoms with Gasteiger partial charge in [0.2, 0.25) is 0 Å². The van der Waals surface area contributed by atoms with Crippen molar-refractivity contribution in [2.24, 2.45) is 0 Å². The Morgan fingerprint density at radius 1 is 1.58 bits per heavy atom. The molecule has 0 saturated carbocycles. The molecular weight excluding hydrogens is 170 g/mol. The molecule has 0 aliphatic rings. The fourth-order valence-corrected chi connectivity index (χ4v) is 0.963. The highest BCUT2D eigenvalue weighted by atomic mass is 32.1. The van der Waals surface area contributed by atoms with Crippen molar-refractivity contribution in [1.29, 1.82) is 0 Å². The van der Waals surface area contributed by atoms with E-state index in [0.717, 1.165) is 11.3 Å². The molecule has 0 unspecified atom stereocenters. The summed E-state index contributed by atoms with van der Waals surface area (Å²) >= 11 is 4.04. The third-order valence-electron chi connectivity index (χ3n) is 1.42. The van der Waals surface area contributed by atoms with Crippen molar-refractivity contribution in [3.05, 3.63) is 35.7 Å². The summed E-state index contributed by atoms with van der Waals surface area (Å²) < 4.78 is 0. The molecule has 0 aliphatic carbocycles. The third kappa shape index (κ3) is 2.68. The van der Waals surface area contributed by atoms with Crippen LogP contribution in [0.5, 0.6) is 0 Å². The van der Waals surface area contributed by atoms with Crippen LogP contribution >= 0.6 is 12.6 Å². The lowest BCUT2D eigenvalue weighted by molar-refractivity contribution is 0.281. The average Bonchev–Trinajstić information content (AvgIpc) is 2.15. The van der Waals surface area contributed by atoms with Crippen molar-refractivity contribution in [3.63, 3.8) is 0 Å². The van der Waals surface area contributed by atoms with E-state index in [2.05, 4.69) is 17.6 Å². The summed E-state index contributed by atoms with van der Waals surface area (Å²) in [4.78, 5) is 4.09. The number of aliphatic hydroxyl groups excluding tert-OH is 1. The van der Waals surface area contributed by atoms with Gasteiger partial charge in [-0.15, -0.1) is 0 Å². The molecule has 1 rings (SSSR count). The minimum atomic E-state index is 0.0598. The van der Waals surface area contributed by atoms with Gasteiger partial charge in [-0.1, -0.05) is 6.08 Å². The van der Waals surface area contributed by atoms with E-state index in [0.29, 0.717) is 5.75 Å². The number of rotatable bonds is 3. The second kappa shape index (κ2) is 4.95. The van der Waals surface area contributed by atoms with Gasteiger partial charge in [0.05, 0.1) is 12.3 Å². The zero-order chi connectivity index (χ0) is 8.81. The Morgan fingerprint density at radius 2 is 2.42 bits per heavy atom. The van der Waals surface area contributed by atoms with Gasteiger partial charge in [0, 0.05) is 11.9 Å². The Morgan fingerprint density at radius 3 is 3.08 bits per heavy atom. The van der Waals surface area contributed by atoms with Crippen LogP contribution in [0.3, 0.4) is 0 Å². The SMILES string of the molecule is OCc1ccnc(C=CCS)c1. The van der Waals surface area contributed by atoms with Gasteiger partial charge in [0.1, 0.15) is 0 Å². The first kappa shape index (κ1) is 9.29. The van der Waals surface area contributed by atoms with Gasteiger partial charge in [-0.05, 0) is 23.8 Å². The van der Waals surface area contributed by atoms with Crippen LogP contribution in [-0.4, -0.2) is 15.8 Å². The highest BCUT2D eigenvalue weighted by Gasteiger charge is 1.91. The van der Waals surface area contributed by atoms with Crippen molar-refractivity contribution in [2.45, 2.75) is 6.61 Å². The van der Waals surface area contributed by atoms with E-state index < -0.39 is 0 Å². The Hall–Kier alpha value is -0.800. The molecule has 0 radical (unpaired) electrons. The summed E-state index contributed by atoms with van der Waals surface area (Å²) in [6, 6.07) is 3.64. The molecule has 1 aromatic rings. The summed E-state index contributed by atoms with van der Waals surface area (Å²) in [5.41, 5.74) is 1.74. The molecule has 3 heteroatoms. The van der Waals surface area contributed by atoms with Crippen LogP contribution in [0.4, 0.5) is 0 Å². The molecule has 0 amide bonds. The van der Waals surface area contributed by atoms with Crippen LogP contribution in [0.1, 0.15) is 11.3 Å². The normalized spacial score (nSPS) is 10.8. The van der Waals surface area contributed by atoms with Gasteiger partial charge >= 0.3 is 0 Å². The fourth-order valence-electron chi connectivity index (χ4n) is 0.857. The summed E-state index contributed by atoms with van der Waals surface area (Å²) in [5, 5.41) is 8.82. The van der Waals surface area contributed by atoms with Crippen LogP contribution < -0.4 is 0 Å². The van der Waals surface area contributed by atoms with Crippen LogP contribution in [0.25, 0.3) is 6.08 Å². The van der Waals surface area contributed by atoms with Crippen molar-refractivity contribution >= 4 is 18.7 Å². The molecule has 0 bridgehead atoms. The highest BCUT2D eigenvalue weighted by molar-refractivity contribution is 7.80. The van der Waals surface area contributed by atoms with E-state index in [1.807, 2.05) is 18.2 Å². The summed E-state index contributed by atoms with van der Waals surface area (Å²) in [6.45, 7) is 0.0598. The van der Waals surface area contributed by atoms with Crippen LogP contribution in [-0.2, 0) is 6.61 Å². The predicted molar refractivity (Wildman–Crippen MR) is 53.0 cm³/mol. The maximum atomic E-state index is 8.82. The number of aliphatic hydroxyl groups is 1. The first-order valence-corrected chi connectivity index (χ1v) is 4.33. The zero-order valence-electron chi connectivity index (χ0n) is 6.64. The standard InChI is InChI=1S/C9H11NOS/c11-7-8-3-4-10-9(6-8)2-1-5-12/h1-4,6,11-12H,5,7H2. The maximum Gasteiger partial charge on any atom is 0.0683 e. The van der Waals surface area contributed by atoms with Crippen molar-refractivity contribution in [2.75, 3.05) is 5.75 Å². The van der Waals surface area contributed by atoms with E-state index >= 15 is 0 Å². The van der Waals surface area contributed by atoms with Gasteiger partial charge in [0.15, 0.2) is 0 Å². The van der Waals surface area contributed by atoms with E-state index in [1.54, 1.807) is 12.3 Å². The lowest BCUT2D eigenvalue weighted by atomic mass is 10.2. The molecule has 1 heterocycles. The molecule has 0 spiro atoms. The van der Waals surface area contributed by atoms with Crippen LogP contribution in [0.2, 0.25) is 0 Å². The molecule has 0 aliphatic heterocycles. The first-order valence-electron chi connectivity index (χ1n) is 3.70. The van der Waals surface area contributed by atoms with E-state index in [-0.39, 0.29) is 6.61 Å². The number of thiol groups is 1. The summed E-state index contributed by atoms with van der Waals surface area (Å²) in [5.74, 6) is 0.699. The van der Waals surface area contributed by atoms with Crippen LogP contribution in [0.15, 0.2) is 24.4 Å². The Labute approximate surface area is 77.4 Å². The minimum absolute atomic E-state index is 0.0598. The largest absolute Gasteiger partial charge is 0.392 e. The van der Waals surface area contributed by atoms with Crippen molar-refractivity contribution in [1.82, 2.24) is 4.98 Å². The molecule has 0 atom stereocenters. The smallest absolute Gasteiger partial charge is 0.0683 e. The fraction of sp³-hybridized carbons (Fsp3) is 0.222. The maximum absolute atomic E-state index is 8.82. The van der Waals surface area contributed by atoms with Gasteiger partial charge in [0.25, 0.3) is 0 Å². The van der Waals surface area contributed by atoms with Gasteiger partial charge in [-0.3, -0.25) is 4.98 Å². The van der Waals surface area contributed by atoms with E-state index in [4.69, 9.17) is 5.11 Å². The number of pyridine rings is 1. The Balaban J connectivity index is 2.79. The summed E-state index contributed by atoms with van der Waals surface area (Å²) in [7, 11) is 0. The van der Waals surface area contributed by atoms with Gasteiger partial charge in [-0.25, -0.2) is 0 Å². The lowest BCUT2D eigenvalue weighted by Crippen LogP contribution is -1.86. The highest BCUT2D eigenvalue weighted by Crippen LogP contribution is 2.03.